The molecule has 0 aliphatic carbocycles. The van der Waals surface area contributed by atoms with Crippen molar-refractivity contribution in [2.45, 2.75) is 0 Å². The first kappa shape index (κ1) is 10.7. The summed E-state index contributed by atoms with van der Waals surface area (Å²) >= 11 is 0. The third kappa shape index (κ3) is 1.79. The minimum absolute atomic E-state index is 0. The summed E-state index contributed by atoms with van der Waals surface area (Å²) in [6.07, 6.45) is 1.91. The van der Waals surface area contributed by atoms with E-state index in [9.17, 15) is 0 Å². The molecular formula is C13H11ClN2. The van der Waals surface area contributed by atoms with E-state index in [1.54, 1.807) is 0 Å². The van der Waals surface area contributed by atoms with Gasteiger partial charge in [-0.1, -0.05) is 24.3 Å². The van der Waals surface area contributed by atoms with Gasteiger partial charge in [-0.15, -0.1) is 12.4 Å². The van der Waals surface area contributed by atoms with Gasteiger partial charge in [-0.25, -0.2) is 4.98 Å². The molecule has 0 aliphatic heterocycles. The van der Waals surface area contributed by atoms with Crippen molar-refractivity contribution in [2.24, 2.45) is 0 Å². The number of nitrogens with zero attached hydrogens (tertiary/aromatic N) is 1. The zero-order chi connectivity index (χ0) is 10.1. The van der Waals surface area contributed by atoms with Gasteiger partial charge in [-0.05, 0) is 24.3 Å². The fourth-order valence-corrected chi connectivity index (χ4v) is 1.71. The SMILES string of the molecule is Cl.c1c[nH]c(-c2ccc3ccccc3n2)c1. The second-order valence-electron chi connectivity index (χ2n) is 3.47. The number of benzene rings is 1. The van der Waals surface area contributed by atoms with Crippen molar-refractivity contribution in [2.75, 3.05) is 0 Å². The van der Waals surface area contributed by atoms with Gasteiger partial charge >= 0.3 is 0 Å². The molecule has 0 saturated carbocycles. The highest BCUT2D eigenvalue weighted by Crippen LogP contribution is 2.18. The zero-order valence-corrected chi connectivity index (χ0v) is 9.37. The summed E-state index contributed by atoms with van der Waals surface area (Å²) < 4.78 is 0. The Hall–Kier alpha value is -1.80. The summed E-state index contributed by atoms with van der Waals surface area (Å²) in [7, 11) is 0. The summed E-state index contributed by atoms with van der Waals surface area (Å²) in [4.78, 5) is 7.74. The second-order valence-corrected chi connectivity index (χ2v) is 3.47. The third-order valence-electron chi connectivity index (χ3n) is 2.47. The summed E-state index contributed by atoms with van der Waals surface area (Å²) in [5, 5.41) is 1.17. The first-order valence-corrected chi connectivity index (χ1v) is 4.93. The van der Waals surface area contributed by atoms with E-state index in [2.05, 4.69) is 22.1 Å². The number of aromatic amines is 1. The number of fused-ring (bicyclic) bond motifs is 1. The number of para-hydroxylation sites is 1. The lowest BCUT2D eigenvalue weighted by Crippen LogP contribution is -1.84. The van der Waals surface area contributed by atoms with Gasteiger partial charge in [0.05, 0.1) is 16.9 Å². The standard InChI is InChI=1S/C13H10N2.ClH/c1-2-5-11-10(4-1)7-8-13(15-11)12-6-3-9-14-12;/h1-9,14H;1H. The van der Waals surface area contributed by atoms with Gasteiger partial charge in [-0.2, -0.15) is 0 Å². The highest BCUT2D eigenvalue weighted by Gasteiger charge is 2.00. The van der Waals surface area contributed by atoms with Crippen molar-refractivity contribution in [3.05, 3.63) is 54.7 Å². The molecule has 80 valence electrons. The molecule has 3 rings (SSSR count). The second kappa shape index (κ2) is 4.37. The summed E-state index contributed by atoms with van der Waals surface area (Å²) in [5.74, 6) is 0. The monoisotopic (exact) mass is 230 g/mol. The molecule has 0 bridgehead atoms. The van der Waals surface area contributed by atoms with Crippen molar-refractivity contribution in [3.8, 4) is 11.4 Å². The van der Waals surface area contributed by atoms with E-state index in [1.165, 1.54) is 5.39 Å². The Labute approximate surface area is 99.8 Å². The van der Waals surface area contributed by atoms with E-state index in [1.807, 2.05) is 42.6 Å². The van der Waals surface area contributed by atoms with Crippen LogP contribution in [0, 0.1) is 0 Å². The molecule has 1 N–H and O–H groups in total. The van der Waals surface area contributed by atoms with E-state index in [0.717, 1.165) is 16.9 Å². The Bertz CT molecular complexity index is 588. The number of pyridine rings is 1. The molecule has 0 atom stereocenters. The molecule has 3 heteroatoms. The number of nitrogens with one attached hydrogen (secondary N) is 1. The van der Waals surface area contributed by atoms with Crippen LogP contribution in [-0.4, -0.2) is 9.97 Å². The molecule has 0 fully saturated rings. The van der Waals surface area contributed by atoms with Gasteiger partial charge in [0.15, 0.2) is 0 Å². The van der Waals surface area contributed by atoms with Gasteiger partial charge in [0.1, 0.15) is 0 Å². The van der Waals surface area contributed by atoms with Crippen LogP contribution in [0.15, 0.2) is 54.7 Å². The molecule has 0 amide bonds. The lowest BCUT2D eigenvalue weighted by Gasteiger charge is -2.00. The van der Waals surface area contributed by atoms with E-state index in [0.29, 0.717) is 0 Å². The Morgan fingerprint density at radius 1 is 0.875 bits per heavy atom. The lowest BCUT2D eigenvalue weighted by molar-refractivity contribution is 1.32. The number of H-pyrrole nitrogens is 1. The van der Waals surface area contributed by atoms with Crippen LogP contribution < -0.4 is 0 Å². The molecular weight excluding hydrogens is 220 g/mol. The van der Waals surface area contributed by atoms with Crippen molar-refractivity contribution in [1.29, 1.82) is 0 Å². The fraction of sp³-hybridized carbons (Fsp3) is 0. The predicted octanol–water partition coefficient (Wildman–Crippen LogP) is 3.65. The number of hydrogen-bond acceptors (Lipinski definition) is 1. The van der Waals surface area contributed by atoms with Gasteiger partial charge < -0.3 is 4.98 Å². The van der Waals surface area contributed by atoms with Crippen molar-refractivity contribution < 1.29 is 0 Å². The molecule has 2 nitrogen and oxygen atoms in total. The quantitative estimate of drug-likeness (QED) is 0.679. The van der Waals surface area contributed by atoms with Crippen molar-refractivity contribution in [3.63, 3.8) is 0 Å². The van der Waals surface area contributed by atoms with Crippen LogP contribution in [0.1, 0.15) is 0 Å². The molecule has 1 aromatic carbocycles. The van der Waals surface area contributed by atoms with Crippen LogP contribution in [0.2, 0.25) is 0 Å². The van der Waals surface area contributed by atoms with Crippen molar-refractivity contribution >= 4 is 23.3 Å². The Morgan fingerprint density at radius 2 is 1.75 bits per heavy atom. The maximum atomic E-state index is 4.59. The molecule has 2 heterocycles. The molecule has 2 aromatic heterocycles. The number of hydrogen-bond donors (Lipinski definition) is 1. The first-order valence-electron chi connectivity index (χ1n) is 4.93. The average Bonchev–Trinajstić information content (AvgIpc) is 2.82. The average molecular weight is 231 g/mol. The zero-order valence-electron chi connectivity index (χ0n) is 8.55. The topological polar surface area (TPSA) is 28.7 Å². The van der Waals surface area contributed by atoms with Gasteiger partial charge in [0.25, 0.3) is 0 Å². The molecule has 0 aliphatic rings. The molecule has 0 unspecified atom stereocenters. The van der Waals surface area contributed by atoms with Crippen LogP contribution >= 0.6 is 12.4 Å². The summed E-state index contributed by atoms with van der Waals surface area (Å²) in [6.45, 7) is 0. The Balaban J connectivity index is 0.000000963. The number of halogens is 1. The number of rotatable bonds is 1. The van der Waals surface area contributed by atoms with Gasteiger partial charge in [-0.3, -0.25) is 0 Å². The molecule has 0 radical (unpaired) electrons. The van der Waals surface area contributed by atoms with Crippen LogP contribution in [0.4, 0.5) is 0 Å². The van der Waals surface area contributed by atoms with Crippen LogP contribution in [0.5, 0.6) is 0 Å². The van der Waals surface area contributed by atoms with Crippen LogP contribution in [0.3, 0.4) is 0 Å². The van der Waals surface area contributed by atoms with E-state index in [4.69, 9.17) is 0 Å². The minimum atomic E-state index is 0. The molecule has 0 spiro atoms. The maximum Gasteiger partial charge on any atom is 0.0872 e. The maximum absolute atomic E-state index is 4.59. The van der Waals surface area contributed by atoms with E-state index >= 15 is 0 Å². The fourth-order valence-electron chi connectivity index (χ4n) is 1.71. The third-order valence-corrected chi connectivity index (χ3v) is 2.47. The largest absolute Gasteiger partial charge is 0.360 e. The highest BCUT2D eigenvalue weighted by molar-refractivity contribution is 5.85. The number of aromatic nitrogens is 2. The minimum Gasteiger partial charge on any atom is -0.360 e. The smallest absolute Gasteiger partial charge is 0.0872 e. The predicted molar refractivity (Wildman–Crippen MR) is 68.8 cm³/mol. The Kier molecular flexibility index (Phi) is 2.93. The van der Waals surface area contributed by atoms with Gasteiger partial charge in [0.2, 0.25) is 0 Å². The lowest BCUT2D eigenvalue weighted by atomic mass is 10.2. The van der Waals surface area contributed by atoms with E-state index < -0.39 is 0 Å². The summed E-state index contributed by atoms with van der Waals surface area (Å²) in [5.41, 5.74) is 3.07. The van der Waals surface area contributed by atoms with Crippen LogP contribution in [0.25, 0.3) is 22.3 Å². The van der Waals surface area contributed by atoms with Crippen molar-refractivity contribution in [1.82, 2.24) is 9.97 Å². The Morgan fingerprint density at radius 3 is 2.56 bits per heavy atom. The highest BCUT2D eigenvalue weighted by atomic mass is 35.5. The molecule has 3 aromatic rings. The summed E-state index contributed by atoms with van der Waals surface area (Å²) in [6, 6.07) is 16.3. The molecule has 0 saturated heterocycles. The van der Waals surface area contributed by atoms with E-state index in [-0.39, 0.29) is 12.4 Å². The van der Waals surface area contributed by atoms with Gasteiger partial charge in [0, 0.05) is 11.6 Å². The molecule has 16 heavy (non-hydrogen) atoms. The first-order chi connectivity index (χ1) is 7.43. The normalized spacial score (nSPS) is 10.0. The van der Waals surface area contributed by atoms with Crippen LogP contribution in [-0.2, 0) is 0 Å².